The van der Waals surface area contributed by atoms with Gasteiger partial charge in [-0.2, -0.15) is 5.10 Å². The highest BCUT2D eigenvalue weighted by atomic mass is 16.5. The van der Waals surface area contributed by atoms with Crippen LogP contribution in [0.2, 0.25) is 0 Å². The molecule has 3 rings (SSSR count). The maximum absolute atomic E-state index is 5.39. The van der Waals surface area contributed by atoms with Crippen LogP contribution < -0.4 is 10.1 Å². The fraction of sp³-hybridized carbons (Fsp3) is 0.267. The van der Waals surface area contributed by atoms with Crippen LogP contribution in [0.5, 0.6) is 5.75 Å². The molecule has 3 aromatic rings. The number of rotatable bonds is 4. The van der Waals surface area contributed by atoms with E-state index in [1.54, 1.807) is 24.2 Å². The number of hydrogen-bond donors (Lipinski definition) is 1. The van der Waals surface area contributed by atoms with Gasteiger partial charge < -0.3 is 10.1 Å². The average Bonchev–Trinajstić information content (AvgIpc) is 2.89. The Balaban J connectivity index is 2.11. The van der Waals surface area contributed by atoms with Gasteiger partial charge in [-0.15, -0.1) is 0 Å². The van der Waals surface area contributed by atoms with Crippen molar-refractivity contribution in [2.45, 2.75) is 6.04 Å². The van der Waals surface area contributed by atoms with Gasteiger partial charge in [0.15, 0.2) is 5.75 Å². The number of fused-ring (bicyclic) bond motifs is 1. The molecule has 2 aromatic heterocycles. The molecule has 1 atom stereocenters. The third-order valence-electron chi connectivity index (χ3n) is 3.49. The van der Waals surface area contributed by atoms with Gasteiger partial charge in [0.1, 0.15) is 5.69 Å². The Morgan fingerprint density at radius 2 is 1.95 bits per heavy atom. The normalized spacial score (nSPS) is 12.5. The molecule has 1 N–H and O–H groups in total. The van der Waals surface area contributed by atoms with E-state index in [9.17, 15) is 0 Å². The van der Waals surface area contributed by atoms with E-state index >= 15 is 0 Å². The number of methoxy groups -OCH3 is 1. The Kier molecular flexibility index (Phi) is 3.53. The number of aromatic nitrogens is 4. The van der Waals surface area contributed by atoms with Crippen LogP contribution in [0.15, 0.2) is 36.7 Å². The minimum Gasteiger partial charge on any atom is -0.493 e. The van der Waals surface area contributed by atoms with Crippen LogP contribution in [-0.4, -0.2) is 33.9 Å². The topological polar surface area (TPSA) is 64.9 Å². The van der Waals surface area contributed by atoms with Crippen LogP contribution in [-0.2, 0) is 7.05 Å². The van der Waals surface area contributed by atoms with Crippen LogP contribution in [0.3, 0.4) is 0 Å². The molecule has 2 heterocycles. The fourth-order valence-electron chi connectivity index (χ4n) is 2.45. The number of nitrogens with one attached hydrogen (secondary N) is 1. The molecule has 1 unspecified atom stereocenters. The number of benzene rings is 1. The maximum atomic E-state index is 5.39. The summed E-state index contributed by atoms with van der Waals surface area (Å²) in [5.74, 6) is 0.729. The number of hydrogen-bond acceptors (Lipinski definition) is 5. The molecule has 0 fully saturated rings. The summed E-state index contributed by atoms with van der Waals surface area (Å²) >= 11 is 0. The second-order valence-electron chi connectivity index (χ2n) is 4.73. The first-order valence-corrected chi connectivity index (χ1v) is 6.69. The van der Waals surface area contributed by atoms with E-state index in [1.165, 1.54) is 0 Å². The van der Waals surface area contributed by atoms with E-state index in [2.05, 4.69) is 15.4 Å². The molecule has 0 aliphatic rings. The molecule has 0 bridgehead atoms. The standard InChI is InChI=1S/C15H17N5O/c1-16-14(15-13(21-3)9-18-20(15)2)12-8-17-10-6-4-5-7-11(10)19-12/h4-9,14,16H,1-3H3. The van der Waals surface area contributed by atoms with Crippen LogP contribution in [0.1, 0.15) is 17.4 Å². The van der Waals surface area contributed by atoms with Crippen molar-refractivity contribution < 1.29 is 4.74 Å². The number of ether oxygens (including phenoxy) is 1. The summed E-state index contributed by atoms with van der Waals surface area (Å²) < 4.78 is 7.17. The summed E-state index contributed by atoms with van der Waals surface area (Å²) in [4.78, 5) is 9.17. The summed E-state index contributed by atoms with van der Waals surface area (Å²) in [6.07, 6.45) is 3.49. The molecule has 0 saturated heterocycles. The van der Waals surface area contributed by atoms with Gasteiger partial charge in [-0.05, 0) is 19.2 Å². The minimum absolute atomic E-state index is 0.135. The number of nitrogens with zero attached hydrogens (tertiary/aromatic N) is 4. The van der Waals surface area contributed by atoms with E-state index in [0.717, 1.165) is 28.2 Å². The Bertz CT molecular complexity index is 768. The van der Waals surface area contributed by atoms with Gasteiger partial charge in [0.2, 0.25) is 0 Å². The van der Waals surface area contributed by atoms with Crippen LogP contribution >= 0.6 is 0 Å². The molecular weight excluding hydrogens is 266 g/mol. The molecule has 0 saturated carbocycles. The highest BCUT2D eigenvalue weighted by molar-refractivity contribution is 5.73. The van der Waals surface area contributed by atoms with E-state index in [-0.39, 0.29) is 6.04 Å². The first-order chi connectivity index (χ1) is 10.2. The lowest BCUT2D eigenvalue weighted by molar-refractivity contribution is 0.402. The van der Waals surface area contributed by atoms with E-state index in [0.29, 0.717) is 0 Å². The summed E-state index contributed by atoms with van der Waals surface area (Å²) in [6.45, 7) is 0. The highest BCUT2D eigenvalue weighted by Gasteiger charge is 2.22. The van der Waals surface area contributed by atoms with E-state index < -0.39 is 0 Å². The maximum Gasteiger partial charge on any atom is 0.161 e. The van der Waals surface area contributed by atoms with Gasteiger partial charge in [0.25, 0.3) is 0 Å². The molecule has 0 spiro atoms. The van der Waals surface area contributed by atoms with Crippen molar-refractivity contribution in [1.82, 2.24) is 25.1 Å². The summed E-state index contributed by atoms with van der Waals surface area (Å²) in [5, 5.41) is 7.51. The average molecular weight is 283 g/mol. The third-order valence-corrected chi connectivity index (χ3v) is 3.49. The largest absolute Gasteiger partial charge is 0.493 e. The summed E-state index contributed by atoms with van der Waals surface area (Å²) in [5.41, 5.74) is 3.51. The third kappa shape index (κ3) is 2.34. The van der Waals surface area contributed by atoms with Crippen molar-refractivity contribution in [3.8, 4) is 5.75 Å². The lowest BCUT2D eigenvalue weighted by Gasteiger charge is -2.17. The predicted molar refractivity (Wildman–Crippen MR) is 80.2 cm³/mol. The molecule has 6 heteroatoms. The van der Waals surface area contributed by atoms with Gasteiger partial charge in [-0.3, -0.25) is 9.67 Å². The zero-order chi connectivity index (χ0) is 14.8. The molecule has 108 valence electrons. The first-order valence-electron chi connectivity index (χ1n) is 6.69. The number of para-hydroxylation sites is 2. The highest BCUT2D eigenvalue weighted by Crippen LogP contribution is 2.28. The lowest BCUT2D eigenvalue weighted by atomic mass is 10.1. The monoisotopic (exact) mass is 283 g/mol. The Morgan fingerprint density at radius 3 is 2.67 bits per heavy atom. The van der Waals surface area contributed by atoms with Gasteiger partial charge >= 0.3 is 0 Å². The van der Waals surface area contributed by atoms with Crippen LogP contribution in [0, 0.1) is 0 Å². The van der Waals surface area contributed by atoms with Gasteiger partial charge in [-0.1, -0.05) is 12.1 Å². The number of aryl methyl sites for hydroxylation is 1. The molecule has 0 aliphatic heterocycles. The van der Waals surface area contributed by atoms with Crippen molar-refractivity contribution in [2.75, 3.05) is 14.2 Å². The Labute approximate surface area is 122 Å². The van der Waals surface area contributed by atoms with Gasteiger partial charge in [0.05, 0.1) is 42.3 Å². The van der Waals surface area contributed by atoms with Crippen molar-refractivity contribution in [2.24, 2.45) is 7.05 Å². The van der Waals surface area contributed by atoms with Crippen LogP contribution in [0.4, 0.5) is 0 Å². The fourth-order valence-corrected chi connectivity index (χ4v) is 2.45. The second-order valence-corrected chi connectivity index (χ2v) is 4.73. The minimum atomic E-state index is -0.135. The van der Waals surface area contributed by atoms with Gasteiger partial charge in [-0.25, -0.2) is 4.98 Å². The van der Waals surface area contributed by atoms with Gasteiger partial charge in [0, 0.05) is 7.05 Å². The van der Waals surface area contributed by atoms with E-state index in [1.807, 2.05) is 38.4 Å². The molecule has 0 aliphatic carbocycles. The molecule has 21 heavy (non-hydrogen) atoms. The SMILES string of the molecule is CNC(c1cnc2ccccc2n1)c1c(OC)cnn1C. The first kappa shape index (κ1) is 13.5. The second kappa shape index (κ2) is 5.49. The molecule has 6 nitrogen and oxygen atoms in total. The zero-order valence-electron chi connectivity index (χ0n) is 12.2. The predicted octanol–water partition coefficient (Wildman–Crippen LogP) is 1.68. The molecule has 0 amide bonds. The summed E-state index contributed by atoms with van der Waals surface area (Å²) in [6, 6.07) is 7.69. The molecule has 1 aromatic carbocycles. The smallest absolute Gasteiger partial charge is 0.161 e. The van der Waals surface area contributed by atoms with Crippen molar-refractivity contribution in [3.05, 3.63) is 48.0 Å². The van der Waals surface area contributed by atoms with Crippen molar-refractivity contribution in [3.63, 3.8) is 0 Å². The Hall–Kier alpha value is -2.47. The van der Waals surface area contributed by atoms with E-state index in [4.69, 9.17) is 9.72 Å². The quantitative estimate of drug-likeness (QED) is 0.789. The molecule has 0 radical (unpaired) electrons. The zero-order valence-corrected chi connectivity index (χ0v) is 12.2. The lowest BCUT2D eigenvalue weighted by Crippen LogP contribution is -2.22. The Morgan fingerprint density at radius 1 is 1.19 bits per heavy atom. The van der Waals surface area contributed by atoms with Crippen LogP contribution in [0.25, 0.3) is 11.0 Å². The van der Waals surface area contributed by atoms with Crippen molar-refractivity contribution in [1.29, 1.82) is 0 Å². The van der Waals surface area contributed by atoms with Crippen molar-refractivity contribution >= 4 is 11.0 Å². The summed E-state index contributed by atoms with van der Waals surface area (Å²) in [7, 11) is 5.41. The molecular formula is C15H17N5O.